The third kappa shape index (κ3) is 4.83. The summed E-state index contributed by atoms with van der Waals surface area (Å²) in [6, 6.07) is 15.3. The molecule has 1 saturated heterocycles. The first-order valence-corrected chi connectivity index (χ1v) is 11.4. The van der Waals surface area contributed by atoms with Gasteiger partial charge < -0.3 is 15.0 Å². The Morgan fingerprint density at radius 2 is 1.90 bits per heavy atom. The summed E-state index contributed by atoms with van der Waals surface area (Å²) >= 11 is 0. The van der Waals surface area contributed by atoms with E-state index in [2.05, 4.69) is 34.3 Å². The lowest BCUT2D eigenvalue weighted by Gasteiger charge is -2.35. The van der Waals surface area contributed by atoms with Crippen molar-refractivity contribution in [3.63, 3.8) is 0 Å². The van der Waals surface area contributed by atoms with Gasteiger partial charge in [0.25, 0.3) is 0 Å². The van der Waals surface area contributed by atoms with Crippen LogP contribution >= 0.6 is 0 Å². The number of guanidine groups is 1. The fourth-order valence-electron chi connectivity index (χ4n) is 3.58. The summed E-state index contributed by atoms with van der Waals surface area (Å²) in [4.78, 5) is 6.88. The van der Waals surface area contributed by atoms with Gasteiger partial charge in [-0.3, -0.25) is 4.99 Å². The molecule has 0 spiro atoms. The van der Waals surface area contributed by atoms with Gasteiger partial charge in [-0.25, -0.2) is 12.7 Å². The van der Waals surface area contributed by atoms with E-state index in [-0.39, 0.29) is 6.10 Å². The van der Waals surface area contributed by atoms with E-state index >= 15 is 0 Å². The maximum atomic E-state index is 12.6. The molecule has 1 N–H and O–H groups in total. The Morgan fingerprint density at radius 1 is 1.20 bits per heavy atom. The Bertz CT molecular complexity index is 1000. The highest BCUT2D eigenvalue weighted by molar-refractivity contribution is 7.89. The molecule has 0 saturated carbocycles. The lowest BCUT2D eigenvalue weighted by molar-refractivity contribution is -0.00834. The van der Waals surface area contributed by atoms with Crippen LogP contribution in [-0.2, 0) is 21.3 Å². The van der Waals surface area contributed by atoms with E-state index in [1.807, 2.05) is 24.3 Å². The number of sulfonamides is 1. The maximum absolute atomic E-state index is 12.6. The number of rotatable bonds is 5. The molecule has 3 rings (SSSR count). The van der Waals surface area contributed by atoms with Gasteiger partial charge in [0.2, 0.25) is 10.0 Å². The summed E-state index contributed by atoms with van der Waals surface area (Å²) in [5.41, 5.74) is 3.09. The fourth-order valence-corrected chi connectivity index (χ4v) is 4.70. The third-order valence-corrected chi connectivity index (χ3v) is 7.20. The molecule has 0 amide bonds. The minimum Gasteiger partial charge on any atom is -0.370 e. The Labute approximate surface area is 179 Å². The number of nitrogens with zero attached hydrogens (tertiary/aromatic N) is 3. The van der Waals surface area contributed by atoms with Crippen LogP contribution in [-0.4, -0.2) is 64.4 Å². The van der Waals surface area contributed by atoms with Crippen LogP contribution in [0.4, 0.5) is 0 Å². The van der Waals surface area contributed by atoms with Crippen molar-refractivity contribution in [2.24, 2.45) is 4.99 Å². The van der Waals surface area contributed by atoms with Crippen molar-refractivity contribution < 1.29 is 13.2 Å². The molecule has 1 aliphatic heterocycles. The number of ether oxygens (including phenoxy) is 1. The molecular weight excluding hydrogens is 400 g/mol. The first-order chi connectivity index (χ1) is 14.3. The monoisotopic (exact) mass is 430 g/mol. The van der Waals surface area contributed by atoms with E-state index in [4.69, 9.17) is 4.74 Å². The molecular formula is C22H30N4O3S. The number of hydrogen-bond donors (Lipinski definition) is 1. The lowest BCUT2D eigenvalue weighted by atomic mass is 10.0. The molecule has 1 atom stereocenters. The van der Waals surface area contributed by atoms with Crippen molar-refractivity contribution in [1.29, 1.82) is 0 Å². The van der Waals surface area contributed by atoms with Gasteiger partial charge in [0, 0.05) is 34.2 Å². The number of nitrogens with one attached hydrogen (secondary N) is 1. The van der Waals surface area contributed by atoms with Crippen molar-refractivity contribution >= 4 is 16.0 Å². The van der Waals surface area contributed by atoms with Gasteiger partial charge >= 0.3 is 0 Å². The zero-order chi connectivity index (χ0) is 21.7. The highest BCUT2D eigenvalue weighted by Gasteiger charge is 2.26. The van der Waals surface area contributed by atoms with Gasteiger partial charge in [0.15, 0.2) is 5.96 Å². The molecule has 1 aliphatic rings. The first kappa shape index (κ1) is 22.3. The summed E-state index contributed by atoms with van der Waals surface area (Å²) < 4.78 is 32.5. The second kappa shape index (κ2) is 9.59. The summed E-state index contributed by atoms with van der Waals surface area (Å²) in [5.74, 6) is 0.730. The van der Waals surface area contributed by atoms with Crippen LogP contribution in [0.25, 0.3) is 0 Å². The van der Waals surface area contributed by atoms with Gasteiger partial charge in [-0.1, -0.05) is 42.5 Å². The molecule has 0 bridgehead atoms. The number of hydrogen-bond acceptors (Lipinski definition) is 4. The molecule has 1 heterocycles. The van der Waals surface area contributed by atoms with Gasteiger partial charge in [-0.15, -0.1) is 0 Å². The van der Waals surface area contributed by atoms with Crippen molar-refractivity contribution in [1.82, 2.24) is 14.5 Å². The zero-order valence-corrected chi connectivity index (χ0v) is 18.8. The van der Waals surface area contributed by atoms with E-state index in [1.165, 1.54) is 29.5 Å². The number of morpholine rings is 1. The topological polar surface area (TPSA) is 74.2 Å². The lowest BCUT2D eigenvalue weighted by Crippen LogP contribution is -2.48. The Kier molecular flexibility index (Phi) is 7.12. The largest absolute Gasteiger partial charge is 0.370 e. The van der Waals surface area contributed by atoms with Crippen molar-refractivity contribution in [2.45, 2.75) is 24.5 Å². The highest BCUT2D eigenvalue weighted by Crippen LogP contribution is 2.25. The van der Waals surface area contributed by atoms with Crippen molar-refractivity contribution in [3.8, 4) is 0 Å². The second-order valence-corrected chi connectivity index (χ2v) is 9.58. The third-order valence-electron chi connectivity index (χ3n) is 5.28. The van der Waals surface area contributed by atoms with Gasteiger partial charge in [0.05, 0.1) is 18.0 Å². The van der Waals surface area contributed by atoms with Gasteiger partial charge in [-0.2, -0.15) is 0 Å². The molecule has 30 heavy (non-hydrogen) atoms. The first-order valence-electron chi connectivity index (χ1n) is 9.97. The standard InChI is InChI=1S/C22H30N4O3S/c1-17-9-5-7-11-19(17)20-16-26(13-14-29-20)22(23-2)24-15-18-10-6-8-12-21(18)30(27,28)25(3)4/h5-12,20H,13-16H2,1-4H3,(H,23,24). The molecule has 7 nitrogen and oxygen atoms in total. The normalized spacial score (nSPS) is 18.0. The zero-order valence-electron chi connectivity index (χ0n) is 18.0. The highest BCUT2D eigenvalue weighted by atomic mass is 32.2. The van der Waals surface area contributed by atoms with Crippen LogP contribution in [0, 0.1) is 6.92 Å². The predicted octanol–water partition coefficient (Wildman–Crippen LogP) is 2.39. The van der Waals surface area contributed by atoms with E-state index in [0.29, 0.717) is 30.2 Å². The minimum absolute atomic E-state index is 0.0279. The summed E-state index contributed by atoms with van der Waals surface area (Å²) in [6.07, 6.45) is -0.0279. The summed E-state index contributed by atoms with van der Waals surface area (Å²) in [6.45, 7) is 4.46. The van der Waals surface area contributed by atoms with Crippen LogP contribution in [0.3, 0.4) is 0 Å². The molecule has 0 aromatic heterocycles. The van der Waals surface area contributed by atoms with Crippen LogP contribution < -0.4 is 5.32 Å². The Morgan fingerprint density at radius 3 is 2.60 bits per heavy atom. The van der Waals surface area contributed by atoms with Gasteiger partial charge in [-0.05, 0) is 29.7 Å². The van der Waals surface area contributed by atoms with E-state index in [1.54, 1.807) is 19.2 Å². The predicted molar refractivity (Wildman–Crippen MR) is 119 cm³/mol. The number of benzene rings is 2. The smallest absolute Gasteiger partial charge is 0.242 e. The quantitative estimate of drug-likeness (QED) is 0.582. The minimum atomic E-state index is -3.52. The van der Waals surface area contributed by atoms with Crippen LogP contribution in [0.15, 0.2) is 58.4 Å². The van der Waals surface area contributed by atoms with Crippen molar-refractivity contribution in [2.75, 3.05) is 40.8 Å². The van der Waals surface area contributed by atoms with Crippen LogP contribution in [0.1, 0.15) is 22.8 Å². The Hall–Kier alpha value is -2.42. The molecule has 2 aromatic carbocycles. The fraction of sp³-hybridized carbons (Fsp3) is 0.409. The van der Waals surface area contributed by atoms with E-state index < -0.39 is 10.0 Å². The van der Waals surface area contributed by atoms with Crippen LogP contribution in [0.5, 0.6) is 0 Å². The molecule has 162 valence electrons. The molecule has 0 radical (unpaired) electrons. The number of aryl methyl sites for hydroxylation is 1. The van der Waals surface area contributed by atoms with E-state index in [0.717, 1.165) is 12.5 Å². The molecule has 2 aromatic rings. The average molecular weight is 431 g/mol. The van der Waals surface area contributed by atoms with Gasteiger partial charge in [0.1, 0.15) is 6.10 Å². The maximum Gasteiger partial charge on any atom is 0.242 e. The van der Waals surface area contributed by atoms with Crippen molar-refractivity contribution in [3.05, 3.63) is 65.2 Å². The average Bonchev–Trinajstić information content (AvgIpc) is 2.75. The molecule has 0 aliphatic carbocycles. The second-order valence-electron chi connectivity index (χ2n) is 7.46. The van der Waals surface area contributed by atoms with E-state index in [9.17, 15) is 8.42 Å². The number of aliphatic imine (C=N–C) groups is 1. The van der Waals surface area contributed by atoms with Crippen LogP contribution in [0.2, 0.25) is 0 Å². The SMILES string of the molecule is CN=C(NCc1ccccc1S(=O)(=O)N(C)C)N1CCOC(c2ccccc2C)C1. The molecule has 8 heteroatoms. The summed E-state index contributed by atoms with van der Waals surface area (Å²) in [7, 11) is 1.30. The molecule has 1 unspecified atom stereocenters. The summed E-state index contributed by atoms with van der Waals surface area (Å²) in [5, 5.41) is 3.33. The Balaban J connectivity index is 1.74. The molecule has 1 fully saturated rings.